The first-order valence-corrected chi connectivity index (χ1v) is 7.45. The molecule has 2 aliphatic rings. The molecule has 4 nitrogen and oxygen atoms in total. The quantitative estimate of drug-likeness (QED) is 0.873. The fraction of sp³-hybridized carbons (Fsp3) is 0.733. The van der Waals surface area contributed by atoms with Crippen LogP contribution in [0.2, 0.25) is 0 Å². The molecule has 0 spiro atoms. The maximum absolute atomic E-state index is 9.93. The van der Waals surface area contributed by atoms with E-state index in [4.69, 9.17) is 10.2 Å². The zero-order valence-corrected chi connectivity index (χ0v) is 11.5. The lowest BCUT2D eigenvalue weighted by molar-refractivity contribution is -0.00348. The monoisotopic (exact) mass is 264 g/mol. The minimum Gasteiger partial charge on any atom is -0.468 e. The predicted molar refractivity (Wildman–Crippen MR) is 73.6 cm³/mol. The van der Waals surface area contributed by atoms with Crippen molar-refractivity contribution in [1.82, 2.24) is 4.90 Å². The lowest BCUT2D eigenvalue weighted by Crippen LogP contribution is -2.51. The summed E-state index contributed by atoms with van der Waals surface area (Å²) in [5, 5.41) is 9.93. The zero-order valence-electron chi connectivity index (χ0n) is 11.5. The number of hydrogen-bond acceptors (Lipinski definition) is 4. The molecule has 4 unspecified atom stereocenters. The SMILES string of the molecule is CCC(N)C(c1ccco1)N1C2CCC1CC(O)C2. The van der Waals surface area contributed by atoms with Crippen LogP contribution < -0.4 is 5.73 Å². The molecule has 2 fully saturated rings. The molecule has 2 aliphatic heterocycles. The van der Waals surface area contributed by atoms with Gasteiger partial charge >= 0.3 is 0 Å². The van der Waals surface area contributed by atoms with Crippen LogP contribution in [-0.4, -0.2) is 34.2 Å². The topological polar surface area (TPSA) is 62.6 Å². The molecule has 0 saturated carbocycles. The molecule has 2 bridgehead atoms. The second-order valence-corrected chi connectivity index (χ2v) is 5.99. The van der Waals surface area contributed by atoms with Crippen molar-refractivity contribution in [3.05, 3.63) is 24.2 Å². The average molecular weight is 264 g/mol. The lowest BCUT2D eigenvalue weighted by atomic mass is 9.93. The standard InChI is InChI=1S/C15H24N2O2/c1-2-13(16)15(14-4-3-7-19-14)17-10-5-6-11(17)9-12(18)8-10/h3-4,7,10-13,15,18H,2,5-6,8-9,16H2,1H3. The number of hydrogen-bond donors (Lipinski definition) is 2. The van der Waals surface area contributed by atoms with Crippen LogP contribution in [0.25, 0.3) is 0 Å². The molecular formula is C15H24N2O2. The van der Waals surface area contributed by atoms with Gasteiger partial charge in [0.15, 0.2) is 0 Å². The molecule has 4 heteroatoms. The summed E-state index contributed by atoms with van der Waals surface area (Å²) < 4.78 is 5.64. The fourth-order valence-electron chi connectivity index (χ4n) is 3.90. The third-order valence-corrected chi connectivity index (χ3v) is 4.80. The van der Waals surface area contributed by atoms with Crippen molar-refractivity contribution in [3.63, 3.8) is 0 Å². The van der Waals surface area contributed by atoms with Crippen LogP contribution in [0.1, 0.15) is 50.8 Å². The highest BCUT2D eigenvalue weighted by Crippen LogP contribution is 2.42. The summed E-state index contributed by atoms with van der Waals surface area (Å²) in [4.78, 5) is 2.53. The Bertz CT molecular complexity index is 392. The molecule has 0 amide bonds. The van der Waals surface area contributed by atoms with Crippen LogP contribution in [0, 0.1) is 0 Å². The van der Waals surface area contributed by atoms with Gasteiger partial charge in [-0.3, -0.25) is 4.90 Å². The smallest absolute Gasteiger partial charge is 0.122 e. The largest absolute Gasteiger partial charge is 0.468 e. The summed E-state index contributed by atoms with van der Waals surface area (Å²) in [5.74, 6) is 0.975. The summed E-state index contributed by atoms with van der Waals surface area (Å²) in [6.45, 7) is 2.13. The van der Waals surface area contributed by atoms with Gasteiger partial charge in [-0.05, 0) is 44.2 Å². The first-order valence-electron chi connectivity index (χ1n) is 7.45. The Morgan fingerprint density at radius 2 is 2.11 bits per heavy atom. The van der Waals surface area contributed by atoms with Crippen molar-refractivity contribution < 1.29 is 9.52 Å². The Labute approximate surface area is 114 Å². The van der Waals surface area contributed by atoms with E-state index in [9.17, 15) is 5.11 Å². The van der Waals surface area contributed by atoms with Crippen molar-refractivity contribution in [2.45, 2.75) is 69.3 Å². The van der Waals surface area contributed by atoms with Crippen molar-refractivity contribution >= 4 is 0 Å². The predicted octanol–water partition coefficient (Wildman–Crippen LogP) is 2.05. The van der Waals surface area contributed by atoms with Crippen LogP contribution >= 0.6 is 0 Å². The molecule has 4 atom stereocenters. The minimum absolute atomic E-state index is 0.0875. The number of furan rings is 1. The van der Waals surface area contributed by atoms with Gasteiger partial charge in [-0.25, -0.2) is 0 Å². The zero-order chi connectivity index (χ0) is 13.4. The summed E-state index contributed by atoms with van der Waals surface area (Å²) in [5.41, 5.74) is 6.36. The molecule has 3 N–H and O–H groups in total. The van der Waals surface area contributed by atoms with Crippen LogP contribution in [0.5, 0.6) is 0 Å². The molecule has 2 saturated heterocycles. The molecule has 106 valence electrons. The average Bonchev–Trinajstić information content (AvgIpc) is 2.99. The summed E-state index contributed by atoms with van der Waals surface area (Å²) in [6.07, 6.45) is 6.64. The number of nitrogens with zero attached hydrogens (tertiary/aromatic N) is 1. The Kier molecular flexibility index (Phi) is 3.65. The second kappa shape index (κ2) is 5.27. The van der Waals surface area contributed by atoms with E-state index >= 15 is 0 Å². The van der Waals surface area contributed by atoms with E-state index in [1.165, 1.54) is 12.8 Å². The second-order valence-electron chi connectivity index (χ2n) is 5.99. The van der Waals surface area contributed by atoms with Crippen LogP contribution in [0.15, 0.2) is 22.8 Å². The molecule has 19 heavy (non-hydrogen) atoms. The van der Waals surface area contributed by atoms with E-state index in [1.54, 1.807) is 6.26 Å². The van der Waals surface area contributed by atoms with Crippen molar-refractivity contribution in [1.29, 1.82) is 0 Å². The van der Waals surface area contributed by atoms with Gasteiger partial charge in [0, 0.05) is 18.1 Å². The number of aliphatic hydroxyl groups excluding tert-OH is 1. The number of rotatable bonds is 4. The van der Waals surface area contributed by atoms with E-state index in [0.717, 1.165) is 25.0 Å². The first-order chi connectivity index (χ1) is 9.20. The number of fused-ring (bicyclic) bond motifs is 2. The summed E-state index contributed by atoms with van der Waals surface area (Å²) in [6, 6.07) is 5.13. The molecule has 3 rings (SSSR count). The van der Waals surface area contributed by atoms with Gasteiger partial charge < -0.3 is 15.3 Å². The fourth-order valence-corrected chi connectivity index (χ4v) is 3.90. The van der Waals surface area contributed by atoms with Gasteiger partial charge in [0.25, 0.3) is 0 Å². The molecule has 1 aromatic heterocycles. The highest BCUT2D eigenvalue weighted by atomic mass is 16.3. The first kappa shape index (κ1) is 13.2. The van der Waals surface area contributed by atoms with Crippen molar-refractivity contribution in [2.24, 2.45) is 5.73 Å². The Morgan fingerprint density at radius 1 is 1.42 bits per heavy atom. The van der Waals surface area contributed by atoms with Gasteiger partial charge in [0.1, 0.15) is 5.76 Å². The minimum atomic E-state index is -0.135. The van der Waals surface area contributed by atoms with Gasteiger partial charge in [0.05, 0.1) is 18.4 Å². The van der Waals surface area contributed by atoms with Crippen molar-refractivity contribution in [2.75, 3.05) is 0 Å². The molecule has 0 aromatic carbocycles. The Morgan fingerprint density at radius 3 is 2.63 bits per heavy atom. The van der Waals surface area contributed by atoms with Crippen LogP contribution in [-0.2, 0) is 0 Å². The van der Waals surface area contributed by atoms with Gasteiger partial charge in [-0.1, -0.05) is 6.92 Å². The van der Waals surface area contributed by atoms with Gasteiger partial charge in [-0.2, -0.15) is 0 Å². The third kappa shape index (κ3) is 2.33. The maximum atomic E-state index is 9.93. The highest BCUT2D eigenvalue weighted by molar-refractivity contribution is 5.12. The Hall–Kier alpha value is -0.840. The lowest BCUT2D eigenvalue weighted by Gasteiger charge is -2.43. The third-order valence-electron chi connectivity index (χ3n) is 4.80. The molecule has 0 radical (unpaired) electrons. The molecule has 3 heterocycles. The maximum Gasteiger partial charge on any atom is 0.122 e. The number of nitrogens with two attached hydrogens (primary N) is 1. The van der Waals surface area contributed by atoms with E-state index in [1.807, 2.05) is 12.1 Å². The van der Waals surface area contributed by atoms with Gasteiger partial charge in [-0.15, -0.1) is 0 Å². The van der Waals surface area contributed by atoms with Crippen LogP contribution in [0.3, 0.4) is 0 Å². The molecule has 0 aliphatic carbocycles. The molecular weight excluding hydrogens is 240 g/mol. The van der Waals surface area contributed by atoms with Gasteiger partial charge in [0.2, 0.25) is 0 Å². The summed E-state index contributed by atoms with van der Waals surface area (Å²) in [7, 11) is 0. The van der Waals surface area contributed by atoms with E-state index in [0.29, 0.717) is 12.1 Å². The van der Waals surface area contributed by atoms with E-state index in [-0.39, 0.29) is 18.2 Å². The van der Waals surface area contributed by atoms with E-state index in [2.05, 4.69) is 11.8 Å². The molecule has 1 aromatic rings. The summed E-state index contributed by atoms with van der Waals surface area (Å²) >= 11 is 0. The normalized spacial score (nSPS) is 34.4. The Balaban J connectivity index is 1.88. The van der Waals surface area contributed by atoms with Crippen molar-refractivity contribution in [3.8, 4) is 0 Å². The number of piperidine rings is 1. The van der Waals surface area contributed by atoms with Crippen LogP contribution in [0.4, 0.5) is 0 Å². The number of aliphatic hydroxyl groups is 1. The highest BCUT2D eigenvalue weighted by Gasteiger charge is 2.45. The van der Waals surface area contributed by atoms with E-state index < -0.39 is 0 Å².